The van der Waals surface area contributed by atoms with E-state index in [-0.39, 0.29) is 12.4 Å². The van der Waals surface area contributed by atoms with Crippen LogP contribution in [0, 0.1) is 0 Å². The van der Waals surface area contributed by atoms with Crippen LogP contribution < -0.4 is 19.8 Å². The monoisotopic (exact) mass is 466 g/mol. The van der Waals surface area contributed by atoms with E-state index in [0.29, 0.717) is 29.0 Å². The number of halogens is 1. The third kappa shape index (κ3) is 3.42. The predicted octanol–water partition coefficient (Wildman–Crippen LogP) is 5.49. The zero-order valence-electron chi connectivity index (χ0n) is 17.1. The van der Waals surface area contributed by atoms with E-state index >= 15 is 0 Å². The lowest BCUT2D eigenvalue weighted by Gasteiger charge is -2.10. The first-order valence-corrected chi connectivity index (χ1v) is 11.7. The molecule has 0 fully saturated rings. The lowest BCUT2D eigenvalue weighted by Crippen LogP contribution is -2.11. The number of benzene rings is 2. The molecule has 3 heterocycles. The summed E-state index contributed by atoms with van der Waals surface area (Å²) in [6.45, 7) is 0.584. The number of fused-ring (bicyclic) bond motifs is 4. The van der Waals surface area contributed by atoms with Crippen LogP contribution in [0.4, 0.5) is 0 Å². The number of hydrogen-bond donors (Lipinski definition) is 1. The molecule has 2 aromatic heterocycles. The maximum Gasteiger partial charge on any atom is 0.260 e. The van der Waals surface area contributed by atoms with Crippen molar-refractivity contribution in [2.75, 3.05) is 6.79 Å². The van der Waals surface area contributed by atoms with Crippen molar-refractivity contribution in [1.29, 1.82) is 0 Å². The molecule has 32 heavy (non-hydrogen) atoms. The fourth-order valence-corrected chi connectivity index (χ4v) is 5.75. The van der Waals surface area contributed by atoms with Crippen molar-refractivity contribution in [2.24, 2.45) is 0 Å². The van der Waals surface area contributed by atoms with Gasteiger partial charge in [0.05, 0.1) is 10.4 Å². The average molecular weight is 467 g/mol. The maximum atomic E-state index is 12.8. The summed E-state index contributed by atoms with van der Waals surface area (Å²) in [5.74, 6) is 2.53. The molecule has 6 rings (SSSR count). The van der Waals surface area contributed by atoms with E-state index in [1.807, 2.05) is 24.3 Å². The van der Waals surface area contributed by atoms with Crippen LogP contribution in [0.2, 0.25) is 5.02 Å². The summed E-state index contributed by atoms with van der Waals surface area (Å²) in [5, 5.41) is 1.21. The van der Waals surface area contributed by atoms with Gasteiger partial charge in [0.2, 0.25) is 6.79 Å². The summed E-state index contributed by atoms with van der Waals surface area (Å²) in [4.78, 5) is 22.6. The Kier molecular flexibility index (Phi) is 4.81. The zero-order valence-corrected chi connectivity index (χ0v) is 18.6. The van der Waals surface area contributed by atoms with E-state index in [9.17, 15) is 4.79 Å². The molecule has 4 aromatic rings. The molecule has 0 saturated heterocycles. The normalized spacial score (nSPS) is 14.5. The summed E-state index contributed by atoms with van der Waals surface area (Å²) in [6.07, 6.45) is 4.30. The lowest BCUT2D eigenvalue weighted by molar-refractivity contribution is 0.174. The van der Waals surface area contributed by atoms with Gasteiger partial charge >= 0.3 is 0 Å². The van der Waals surface area contributed by atoms with Crippen molar-refractivity contribution in [3.05, 3.63) is 67.8 Å². The van der Waals surface area contributed by atoms with Gasteiger partial charge in [-0.05, 0) is 67.1 Å². The number of aromatic nitrogens is 2. The second-order valence-electron chi connectivity index (χ2n) is 7.93. The molecule has 0 saturated carbocycles. The van der Waals surface area contributed by atoms with Crippen LogP contribution in [0.15, 0.2) is 41.2 Å². The van der Waals surface area contributed by atoms with Gasteiger partial charge in [-0.25, -0.2) is 4.98 Å². The molecule has 162 valence electrons. The number of hydrogen-bond acceptors (Lipinski definition) is 6. The lowest BCUT2D eigenvalue weighted by atomic mass is 9.97. The Morgan fingerprint density at radius 3 is 2.88 bits per heavy atom. The average Bonchev–Trinajstić information content (AvgIpc) is 3.42. The molecular formula is C24H19ClN2O4S. The van der Waals surface area contributed by atoms with Crippen LogP contribution in [-0.2, 0) is 19.4 Å². The molecule has 1 N–H and O–H groups in total. The van der Waals surface area contributed by atoms with Crippen LogP contribution in [-0.4, -0.2) is 16.8 Å². The number of nitrogens with zero attached hydrogens (tertiary/aromatic N) is 1. The van der Waals surface area contributed by atoms with Gasteiger partial charge < -0.3 is 19.2 Å². The van der Waals surface area contributed by atoms with E-state index < -0.39 is 0 Å². The molecule has 6 nitrogen and oxygen atoms in total. The first kappa shape index (κ1) is 19.6. The van der Waals surface area contributed by atoms with Gasteiger partial charge in [0.15, 0.2) is 11.5 Å². The fraction of sp³-hybridized carbons (Fsp3) is 0.250. The Bertz CT molecular complexity index is 1410. The van der Waals surface area contributed by atoms with Crippen molar-refractivity contribution in [3.8, 4) is 28.6 Å². The standard InChI is InChI=1S/C24H19ClN2O4S/c25-16-10-14(6-8-17(16)29-11-13-5-7-18-19(9-13)31-12-30-18)22-26-23(28)21-15-3-1-2-4-20(15)32-24(21)27-22/h5-10H,1-4,11-12H2,(H,26,27,28). The first-order chi connectivity index (χ1) is 15.7. The molecule has 0 bridgehead atoms. The van der Waals surface area contributed by atoms with Crippen molar-refractivity contribution < 1.29 is 14.2 Å². The van der Waals surface area contributed by atoms with E-state index in [1.54, 1.807) is 23.5 Å². The summed E-state index contributed by atoms with van der Waals surface area (Å²) in [6, 6.07) is 11.1. The van der Waals surface area contributed by atoms with Gasteiger partial charge in [-0.15, -0.1) is 11.3 Å². The van der Waals surface area contributed by atoms with Gasteiger partial charge in [-0.2, -0.15) is 0 Å². The SMILES string of the molecule is O=c1[nH]c(-c2ccc(OCc3ccc4c(c3)OCO4)c(Cl)c2)nc2sc3c(c12)CCCC3. The topological polar surface area (TPSA) is 73.4 Å². The largest absolute Gasteiger partial charge is 0.487 e. The Labute approximate surface area is 192 Å². The highest BCUT2D eigenvalue weighted by atomic mass is 35.5. The molecule has 0 spiro atoms. The zero-order chi connectivity index (χ0) is 21.7. The van der Waals surface area contributed by atoms with E-state index in [4.69, 9.17) is 30.8 Å². The molecule has 2 aromatic carbocycles. The van der Waals surface area contributed by atoms with Gasteiger partial charge in [0, 0.05) is 10.4 Å². The van der Waals surface area contributed by atoms with E-state index in [1.165, 1.54) is 16.9 Å². The molecule has 0 radical (unpaired) electrons. The third-order valence-corrected chi connectivity index (χ3v) is 7.34. The molecule has 0 amide bonds. The predicted molar refractivity (Wildman–Crippen MR) is 124 cm³/mol. The van der Waals surface area contributed by atoms with Crippen LogP contribution in [0.25, 0.3) is 21.6 Å². The third-order valence-electron chi connectivity index (χ3n) is 5.86. The number of H-pyrrole nitrogens is 1. The molecule has 8 heteroatoms. The van der Waals surface area contributed by atoms with Gasteiger partial charge in [-0.1, -0.05) is 17.7 Å². The number of ether oxygens (including phenoxy) is 3. The minimum atomic E-state index is -0.0799. The Morgan fingerprint density at radius 1 is 1.09 bits per heavy atom. The highest BCUT2D eigenvalue weighted by Crippen LogP contribution is 2.36. The van der Waals surface area contributed by atoms with Crippen LogP contribution in [0.3, 0.4) is 0 Å². The summed E-state index contributed by atoms with van der Waals surface area (Å²) in [7, 11) is 0. The maximum absolute atomic E-state index is 12.8. The molecule has 1 aliphatic carbocycles. The number of thiophene rings is 1. The van der Waals surface area contributed by atoms with Crippen molar-refractivity contribution in [2.45, 2.75) is 32.3 Å². The highest BCUT2D eigenvalue weighted by Gasteiger charge is 2.20. The Hall–Kier alpha value is -3.03. The smallest absolute Gasteiger partial charge is 0.260 e. The summed E-state index contributed by atoms with van der Waals surface area (Å²) in [5.41, 5.74) is 2.80. The van der Waals surface area contributed by atoms with Crippen molar-refractivity contribution >= 4 is 33.2 Å². The minimum Gasteiger partial charge on any atom is -0.487 e. The molecular weight excluding hydrogens is 448 g/mol. The number of aryl methyl sites for hydroxylation is 2. The Morgan fingerprint density at radius 2 is 1.97 bits per heavy atom. The van der Waals surface area contributed by atoms with Crippen LogP contribution in [0.1, 0.15) is 28.8 Å². The van der Waals surface area contributed by atoms with Crippen LogP contribution >= 0.6 is 22.9 Å². The van der Waals surface area contributed by atoms with E-state index in [0.717, 1.165) is 46.4 Å². The van der Waals surface area contributed by atoms with Crippen LogP contribution in [0.5, 0.6) is 17.2 Å². The molecule has 2 aliphatic rings. The second-order valence-corrected chi connectivity index (χ2v) is 9.42. The number of aromatic amines is 1. The molecule has 0 atom stereocenters. The Balaban J connectivity index is 1.26. The number of rotatable bonds is 4. The van der Waals surface area contributed by atoms with Gasteiger partial charge in [-0.3, -0.25) is 4.79 Å². The van der Waals surface area contributed by atoms with Gasteiger partial charge in [0.25, 0.3) is 5.56 Å². The highest BCUT2D eigenvalue weighted by molar-refractivity contribution is 7.18. The summed E-state index contributed by atoms with van der Waals surface area (Å²) >= 11 is 8.13. The molecule has 1 aliphatic heterocycles. The molecule has 0 unspecified atom stereocenters. The van der Waals surface area contributed by atoms with Gasteiger partial charge in [0.1, 0.15) is 23.0 Å². The van der Waals surface area contributed by atoms with Crippen molar-refractivity contribution in [1.82, 2.24) is 9.97 Å². The van der Waals surface area contributed by atoms with Crippen molar-refractivity contribution in [3.63, 3.8) is 0 Å². The minimum absolute atomic E-state index is 0.0799. The first-order valence-electron chi connectivity index (χ1n) is 10.5. The fourth-order valence-electron chi connectivity index (χ4n) is 4.26. The second kappa shape index (κ2) is 7.83. The van der Waals surface area contributed by atoms with E-state index in [2.05, 4.69) is 4.98 Å². The summed E-state index contributed by atoms with van der Waals surface area (Å²) < 4.78 is 16.6. The number of nitrogens with one attached hydrogen (secondary N) is 1. The quantitative estimate of drug-likeness (QED) is 0.430.